The van der Waals surface area contributed by atoms with E-state index in [9.17, 15) is 8.42 Å². The number of nitrogens with one attached hydrogen (secondary N) is 1. The van der Waals surface area contributed by atoms with Crippen molar-refractivity contribution in [3.8, 4) is 0 Å². The Bertz CT molecular complexity index is 305. The lowest BCUT2D eigenvalue weighted by Crippen LogP contribution is -2.27. The molecule has 0 bridgehead atoms. The van der Waals surface area contributed by atoms with Crippen LogP contribution in [-0.2, 0) is 10.0 Å². The van der Waals surface area contributed by atoms with Gasteiger partial charge in [-0.3, -0.25) is 0 Å². The molecule has 0 aromatic carbocycles. The summed E-state index contributed by atoms with van der Waals surface area (Å²) in [6.45, 7) is 2.76. The Kier molecular flexibility index (Phi) is 6.06. The van der Waals surface area contributed by atoms with Crippen molar-refractivity contribution in [2.45, 2.75) is 57.1 Å². The highest BCUT2D eigenvalue weighted by atomic mass is 32.2. The predicted octanol–water partition coefficient (Wildman–Crippen LogP) is 2.59. The lowest BCUT2D eigenvalue weighted by Gasteiger charge is -2.03. The molecule has 0 atom stereocenters. The lowest BCUT2D eigenvalue weighted by atomic mass is 10.2. The van der Waals surface area contributed by atoms with Gasteiger partial charge in [-0.15, -0.1) is 0 Å². The number of unbranched alkanes of at least 4 members (excludes halogenated alkanes) is 3. The molecule has 0 aromatic heterocycles. The highest BCUT2D eigenvalue weighted by molar-refractivity contribution is 7.90. The Hall–Kier alpha value is -0.350. The van der Waals surface area contributed by atoms with E-state index in [0.717, 1.165) is 32.1 Å². The van der Waals surface area contributed by atoms with Gasteiger partial charge < -0.3 is 0 Å². The van der Waals surface area contributed by atoms with E-state index < -0.39 is 10.0 Å². The van der Waals surface area contributed by atoms with E-state index in [-0.39, 0.29) is 5.25 Å². The molecule has 0 spiro atoms. The molecular formula is C12H23NO2S. The lowest BCUT2D eigenvalue weighted by molar-refractivity contribution is 0.578. The van der Waals surface area contributed by atoms with E-state index in [2.05, 4.69) is 23.8 Å². The molecular weight excluding hydrogens is 222 g/mol. The van der Waals surface area contributed by atoms with Crippen LogP contribution in [0.15, 0.2) is 12.2 Å². The van der Waals surface area contributed by atoms with E-state index in [4.69, 9.17) is 0 Å². The number of rotatable bonds is 9. The smallest absolute Gasteiger partial charge is 0.214 e. The van der Waals surface area contributed by atoms with Crippen LogP contribution in [0, 0.1) is 0 Å². The van der Waals surface area contributed by atoms with Gasteiger partial charge in [0.1, 0.15) is 0 Å². The van der Waals surface area contributed by atoms with Gasteiger partial charge in [0.25, 0.3) is 0 Å². The van der Waals surface area contributed by atoms with Gasteiger partial charge in [0.2, 0.25) is 10.0 Å². The first-order chi connectivity index (χ1) is 7.67. The normalized spacial score (nSPS) is 17.1. The molecule has 0 aliphatic heterocycles. The van der Waals surface area contributed by atoms with E-state index in [0.29, 0.717) is 6.54 Å². The molecule has 1 fully saturated rings. The molecule has 0 radical (unpaired) electrons. The van der Waals surface area contributed by atoms with E-state index >= 15 is 0 Å². The second-order valence-electron chi connectivity index (χ2n) is 4.39. The minimum atomic E-state index is -2.96. The molecule has 4 heteroatoms. The third-order valence-corrected chi connectivity index (χ3v) is 4.66. The Labute approximate surface area is 99.4 Å². The third-order valence-electron chi connectivity index (χ3n) is 2.71. The van der Waals surface area contributed by atoms with E-state index in [1.807, 2.05) is 0 Å². The van der Waals surface area contributed by atoms with Crippen LogP contribution in [0.3, 0.4) is 0 Å². The quantitative estimate of drug-likeness (QED) is 0.501. The van der Waals surface area contributed by atoms with Gasteiger partial charge in [-0.05, 0) is 32.1 Å². The van der Waals surface area contributed by atoms with Crippen LogP contribution < -0.4 is 4.72 Å². The van der Waals surface area contributed by atoms with Crippen molar-refractivity contribution in [3.63, 3.8) is 0 Å². The Morgan fingerprint density at radius 1 is 1.19 bits per heavy atom. The fraction of sp³-hybridized carbons (Fsp3) is 0.833. The molecule has 1 rings (SSSR count). The van der Waals surface area contributed by atoms with Crippen molar-refractivity contribution in [2.75, 3.05) is 6.54 Å². The zero-order chi connectivity index (χ0) is 11.9. The summed E-state index contributed by atoms with van der Waals surface area (Å²) < 4.78 is 25.5. The average molecular weight is 245 g/mol. The molecule has 0 saturated heterocycles. The summed E-state index contributed by atoms with van der Waals surface area (Å²) in [6.07, 6.45) is 11.5. The van der Waals surface area contributed by atoms with Crippen molar-refractivity contribution in [3.05, 3.63) is 12.2 Å². The van der Waals surface area contributed by atoms with Gasteiger partial charge >= 0.3 is 0 Å². The molecule has 0 aromatic rings. The largest absolute Gasteiger partial charge is 0.215 e. The molecule has 0 heterocycles. The number of sulfonamides is 1. The zero-order valence-corrected chi connectivity index (χ0v) is 10.9. The van der Waals surface area contributed by atoms with Gasteiger partial charge in [0, 0.05) is 6.54 Å². The second-order valence-corrected chi connectivity index (χ2v) is 6.44. The van der Waals surface area contributed by atoms with Crippen LogP contribution in [0.2, 0.25) is 0 Å². The number of hydrogen-bond donors (Lipinski definition) is 1. The van der Waals surface area contributed by atoms with Crippen molar-refractivity contribution >= 4 is 10.0 Å². The summed E-state index contributed by atoms with van der Waals surface area (Å²) >= 11 is 0. The first-order valence-electron chi connectivity index (χ1n) is 6.30. The Morgan fingerprint density at radius 3 is 2.38 bits per heavy atom. The van der Waals surface area contributed by atoms with Crippen LogP contribution in [0.5, 0.6) is 0 Å². The standard InChI is InChI=1S/C12H23NO2S/c1-2-3-4-5-6-7-8-11-13-16(14,15)12-9-10-12/h5-6,12-13H,2-4,7-11H2,1H3. The predicted molar refractivity (Wildman–Crippen MR) is 67.8 cm³/mol. The van der Waals surface area contributed by atoms with Crippen LogP contribution in [0.1, 0.15) is 51.9 Å². The topological polar surface area (TPSA) is 46.2 Å². The molecule has 0 amide bonds. The molecule has 0 unspecified atom stereocenters. The van der Waals surface area contributed by atoms with Gasteiger partial charge in [-0.25, -0.2) is 13.1 Å². The van der Waals surface area contributed by atoms with Crippen molar-refractivity contribution in [1.82, 2.24) is 4.72 Å². The third kappa shape index (κ3) is 5.66. The summed E-state index contributed by atoms with van der Waals surface area (Å²) in [5, 5.41) is -0.0902. The number of hydrogen-bond acceptors (Lipinski definition) is 2. The van der Waals surface area contributed by atoms with Gasteiger partial charge in [0.15, 0.2) is 0 Å². The first kappa shape index (κ1) is 13.7. The maximum absolute atomic E-state index is 11.4. The van der Waals surface area contributed by atoms with Gasteiger partial charge in [-0.1, -0.05) is 31.9 Å². The summed E-state index contributed by atoms with van der Waals surface area (Å²) in [7, 11) is -2.96. The summed E-state index contributed by atoms with van der Waals surface area (Å²) in [6, 6.07) is 0. The molecule has 1 N–H and O–H groups in total. The average Bonchev–Trinajstić information content (AvgIpc) is 3.05. The van der Waals surface area contributed by atoms with E-state index in [1.54, 1.807) is 0 Å². The minimum Gasteiger partial charge on any atom is -0.215 e. The summed E-state index contributed by atoms with van der Waals surface area (Å²) in [5.41, 5.74) is 0. The fourth-order valence-corrected chi connectivity index (χ4v) is 2.91. The van der Waals surface area contributed by atoms with Crippen LogP contribution in [0.4, 0.5) is 0 Å². The van der Waals surface area contributed by atoms with Crippen molar-refractivity contribution in [2.24, 2.45) is 0 Å². The van der Waals surface area contributed by atoms with Crippen LogP contribution >= 0.6 is 0 Å². The molecule has 3 nitrogen and oxygen atoms in total. The van der Waals surface area contributed by atoms with Crippen molar-refractivity contribution < 1.29 is 8.42 Å². The SMILES string of the molecule is CCCCC=CCCCNS(=O)(=O)C1CC1. The monoisotopic (exact) mass is 245 g/mol. The molecule has 1 saturated carbocycles. The summed E-state index contributed by atoms with van der Waals surface area (Å²) in [4.78, 5) is 0. The number of allylic oxidation sites excluding steroid dienone is 2. The Balaban J connectivity index is 1.97. The zero-order valence-electron chi connectivity index (χ0n) is 10.1. The van der Waals surface area contributed by atoms with Crippen molar-refractivity contribution in [1.29, 1.82) is 0 Å². The van der Waals surface area contributed by atoms with Crippen LogP contribution in [0.25, 0.3) is 0 Å². The molecule has 16 heavy (non-hydrogen) atoms. The van der Waals surface area contributed by atoms with Gasteiger partial charge in [-0.2, -0.15) is 0 Å². The molecule has 1 aliphatic rings. The highest BCUT2D eigenvalue weighted by Gasteiger charge is 2.34. The minimum absolute atomic E-state index is 0.0902. The fourth-order valence-electron chi connectivity index (χ4n) is 1.49. The molecule has 1 aliphatic carbocycles. The first-order valence-corrected chi connectivity index (χ1v) is 7.85. The summed E-state index contributed by atoms with van der Waals surface area (Å²) in [5.74, 6) is 0. The highest BCUT2D eigenvalue weighted by Crippen LogP contribution is 2.27. The maximum Gasteiger partial charge on any atom is 0.214 e. The molecule has 94 valence electrons. The maximum atomic E-state index is 11.4. The second kappa shape index (κ2) is 7.07. The Morgan fingerprint density at radius 2 is 1.81 bits per heavy atom. The van der Waals surface area contributed by atoms with Crippen LogP contribution in [-0.4, -0.2) is 20.2 Å². The van der Waals surface area contributed by atoms with Gasteiger partial charge in [0.05, 0.1) is 5.25 Å². The van der Waals surface area contributed by atoms with E-state index in [1.165, 1.54) is 12.8 Å².